The predicted molar refractivity (Wildman–Crippen MR) is 143 cm³/mol. The number of carbonyl (C=O) groups is 1. The summed E-state index contributed by atoms with van der Waals surface area (Å²) in [7, 11) is 0. The molecule has 1 atom stereocenters. The van der Waals surface area contributed by atoms with Gasteiger partial charge in [0.2, 0.25) is 0 Å². The van der Waals surface area contributed by atoms with E-state index in [-0.39, 0.29) is 12.5 Å². The summed E-state index contributed by atoms with van der Waals surface area (Å²) in [6.07, 6.45) is 6.01. The molecule has 1 saturated carbocycles. The van der Waals surface area contributed by atoms with Crippen molar-refractivity contribution in [1.82, 2.24) is 15.1 Å². The van der Waals surface area contributed by atoms with E-state index in [1.54, 1.807) is 6.92 Å². The SMILES string of the molecule is CCOC(=O)c1nnc(N2CC3(CC[C@@H](N4CCC(c5ccccc5OCc5ccccc5)CC4)C3)C2)o1. The molecule has 3 aliphatic rings. The number of benzene rings is 2. The van der Waals surface area contributed by atoms with E-state index in [0.717, 1.165) is 31.9 Å². The minimum absolute atomic E-state index is 0.0676. The van der Waals surface area contributed by atoms with Crippen LogP contribution in [0.4, 0.5) is 6.01 Å². The fraction of sp³-hybridized carbons (Fsp3) is 0.500. The minimum Gasteiger partial charge on any atom is -0.489 e. The van der Waals surface area contributed by atoms with Crippen molar-refractivity contribution in [2.75, 3.05) is 37.7 Å². The Balaban J connectivity index is 0.999. The number of piperidine rings is 1. The van der Waals surface area contributed by atoms with Crippen molar-refractivity contribution in [3.8, 4) is 5.75 Å². The van der Waals surface area contributed by atoms with E-state index in [1.165, 1.54) is 43.2 Å². The summed E-state index contributed by atoms with van der Waals surface area (Å²) in [6.45, 7) is 6.74. The molecule has 3 fully saturated rings. The normalized spacial score (nSPS) is 21.4. The Bertz CT molecular complexity index is 1230. The maximum Gasteiger partial charge on any atom is 0.396 e. The monoisotopic (exact) mass is 516 g/mol. The van der Waals surface area contributed by atoms with Gasteiger partial charge in [-0.15, -0.1) is 0 Å². The number of para-hydroxylation sites is 1. The molecule has 8 heteroatoms. The largest absolute Gasteiger partial charge is 0.489 e. The minimum atomic E-state index is -0.559. The summed E-state index contributed by atoms with van der Waals surface area (Å²) >= 11 is 0. The lowest BCUT2D eigenvalue weighted by molar-refractivity contribution is 0.0480. The smallest absolute Gasteiger partial charge is 0.396 e. The first-order chi connectivity index (χ1) is 18.6. The molecule has 0 N–H and O–H groups in total. The lowest BCUT2D eigenvalue weighted by Gasteiger charge is -2.48. The van der Waals surface area contributed by atoms with Gasteiger partial charge in [0, 0.05) is 24.5 Å². The van der Waals surface area contributed by atoms with E-state index in [1.807, 2.05) is 6.07 Å². The first-order valence-corrected chi connectivity index (χ1v) is 13.9. The van der Waals surface area contributed by atoms with Gasteiger partial charge in [0.25, 0.3) is 0 Å². The molecular formula is C30H36N4O4. The van der Waals surface area contributed by atoms with Gasteiger partial charge in [0.15, 0.2) is 0 Å². The summed E-state index contributed by atoms with van der Waals surface area (Å²) in [5.41, 5.74) is 2.86. The summed E-state index contributed by atoms with van der Waals surface area (Å²) < 4.78 is 16.8. The van der Waals surface area contributed by atoms with Crippen molar-refractivity contribution < 1.29 is 18.7 Å². The van der Waals surface area contributed by atoms with E-state index < -0.39 is 5.97 Å². The highest BCUT2D eigenvalue weighted by Crippen LogP contribution is 2.49. The zero-order valence-corrected chi connectivity index (χ0v) is 22.1. The number of likely N-dealkylation sites (tertiary alicyclic amines) is 1. The van der Waals surface area contributed by atoms with E-state index in [0.29, 0.717) is 30.0 Å². The highest BCUT2D eigenvalue weighted by molar-refractivity contribution is 5.84. The topological polar surface area (TPSA) is 80.9 Å². The Morgan fingerprint density at radius 3 is 2.58 bits per heavy atom. The predicted octanol–water partition coefficient (Wildman–Crippen LogP) is 5.06. The molecule has 1 aromatic heterocycles. The molecule has 3 heterocycles. The Morgan fingerprint density at radius 2 is 1.79 bits per heavy atom. The maximum absolute atomic E-state index is 11.8. The number of anilines is 1. The summed E-state index contributed by atoms with van der Waals surface area (Å²) in [5, 5.41) is 7.92. The van der Waals surface area contributed by atoms with Gasteiger partial charge >= 0.3 is 17.9 Å². The van der Waals surface area contributed by atoms with Gasteiger partial charge in [0.1, 0.15) is 12.4 Å². The Kier molecular flexibility index (Phi) is 7.06. The highest BCUT2D eigenvalue weighted by atomic mass is 16.5. The van der Waals surface area contributed by atoms with Crippen LogP contribution in [-0.2, 0) is 11.3 Å². The second kappa shape index (κ2) is 10.8. The Hall–Kier alpha value is -3.39. The lowest BCUT2D eigenvalue weighted by atomic mass is 9.78. The quantitative estimate of drug-likeness (QED) is 0.384. The first kappa shape index (κ1) is 24.9. The van der Waals surface area contributed by atoms with Gasteiger partial charge in [-0.1, -0.05) is 58.7 Å². The average Bonchev–Trinajstić information content (AvgIpc) is 3.61. The molecule has 0 unspecified atom stereocenters. The average molecular weight is 517 g/mol. The number of nitrogens with zero attached hydrogens (tertiary/aromatic N) is 4. The van der Waals surface area contributed by atoms with Crippen molar-refractivity contribution in [3.05, 3.63) is 71.6 Å². The number of hydrogen-bond donors (Lipinski definition) is 0. The molecule has 1 spiro atoms. The fourth-order valence-corrected chi connectivity index (χ4v) is 6.55. The second-order valence-electron chi connectivity index (χ2n) is 11.0. The van der Waals surface area contributed by atoms with Crippen LogP contribution in [0.1, 0.15) is 66.8 Å². The summed E-state index contributed by atoms with van der Waals surface area (Å²) in [5.74, 6) is 0.938. The van der Waals surface area contributed by atoms with E-state index in [2.05, 4.69) is 68.5 Å². The van der Waals surface area contributed by atoms with E-state index >= 15 is 0 Å². The third kappa shape index (κ3) is 5.14. The molecule has 2 aromatic carbocycles. The number of rotatable bonds is 8. The molecule has 8 nitrogen and oxygen atoms in total. The molecule has 0 bridgehead atoms. The van der Waals surface area contributed by atoms with Crippen molar-refractivity contribution in [3.63, 3.8) is 0 Å². The highest BCUT2D eigenvalue weighted by Gasteiger charge is 2.51. The van der Waals surface area contributed by atoms with Crippen molar-refractivity contribution in [2.45, 2.75) is 57.6 Å². The molecule has 38 heavy (non-hydrogen) atoms. The molecule has 0 radical (unpaired) electrons. The van der Waals surface area contributed by atoms with Crippen LogP contribution in [0.3, 0.4) is 0 Å². The zero-order valence-electron chi connectivity index (χ0n) is 22.1. The molecule has 1 aliphatic carbocycles. The van der Waals surface area contributed by atoms with Gasteiger partial charge in [-0.05, 0) is 75.2 Å². The van der Waals surface area contributed by atoms with Gasteiger partial charge in [0.05, 0.1) is 6.61 Å². The number of esters is 1. The number of carbonyl (C=O) groups excluding carboxylic acids is 1. The number of ether oxygens (including phenoxy) is 2. The molecule has 2 saturated heterocycles. The molecule has 200 valence electrons. The number of aromatic nitrogens is 2. The van der Waals surface area contributed by atoms with Crippen LogP contribution in [0.15, 0.2) is 59.0 Å². The van der Waals surface area contributed by atoms with E-state index in [9.17, 15) is 4.79 Å². The summed E-state index contributed by atoms with van der Waals surface area (Å²) in [4.78, 5) is 16.6. The van der Waals surface area contributed by atoms with Crippen LogP contribution in [0.25, 0.3) is 0 Å². The second-order valence-corrected chi connectivity index (χ2v) is 11.0. The maximum atomic E-state index is 11.8. The molecule has 2 aliphatic heterocycles. The third-order valence-corrected chi connectivity index (χ3v) is 8.51. The lowest BCUT2D eigenvalue weighted by Crippen LogP contribution is -2.56. The van der Waals surface area contributed by atoms with Gasteiger partial charge in [-0.3, -0.25) is 0 Å². The van der Waals surface area contributed by atoms with Gasteiger partial charge in [-0.2, -0.15) is 0 Å². The standard InChI is InChI=1S/C30H36N4O4/c1-2-36-28(35)27-31-32-29(38-27)34-20-30(21-34)15-12-24(18-30)33-16-13-23(14-17-33)25-10-6-7-11-26(25)37-19-22-8-4-3-5-9-22/h3-11,23-24H,2,12-21H2,1H3/t24-/m1/s1. The first-order valence-electron chi connectivity index (χ1n) is 13.9. The van der Waals surface area contributed by atoms with Crippen molar-refractivity contribution in [2.24, 2.45) is 5.41 Å². The zero-order chi connectivity index (χ0) is 26.0. The molecular weight excluding hydrogens is 480 g/mol. The molecule has 6 rings (SSSR count). The van der Waals surface area contributed by atoms with Crippen molar-refractivity contribution in [1.29, 1.82) is 0 Å². The molecule has 0 amide bonds. The van der Waals surface area contributed by atoms with Crippen LogP contribution in [0.2, 0.25) is 0 Å². The Labute approximate surface area is 223 Å². The van der Waals surface area contributed by atoms with Gasteiger partial charge in [-0.25, -0.2) is 4.79 Å². The molecule has 3 aromatic rings. The van der Waals surface area contributed by atoms with Crippen LogP contribution < -0.4 is 9.64 Å². The third-order valence-electron chi connectivity index (χ3n) is 8.51. The van der Waals surface area contributed by atoms with Crippen LogP contribution >= 0.6 is 0 Å². The van der Waals surface area contributed by atoms with Crippen molar-refractivity contribution >= 4 is 12.0 Å². The Morgan fingerprint density at radius 1 is 1.03 bits per heavy atom. The number of hydrogen-bond acceptors (Lipinski definition) is 8. The van der Waals surface area contributed by atoms with Crippen LogP contribution in [0.5, 0.6) is 5.75 Å². The summed E-state index contributed by atoms with van der Waals surface area (Å²) in [6, 6.07) is 20.0. The fourth-order valence-electron chi connectivity index (χ4n) is 6.55. The van der Waals surface area contributed by atoms with E-state index in [4.69, 9.17) is 13.9 Å². The van der Waals surface area contributed by atoms with Gasteiger partial charge < -0.3 is 23.7 Å². The van der Waals surface area contributed by atoms with Crippen LogP contribution in [0, 0.1) is 5.41 Å². The van der Waals surface area contributed by atoms with Crippen LogP contribution in [-0.4, -0.2) is 59.9 Å².